The summed E-state index contributed by atoms with van der Waals surface area (Å²) in [6, 6.07) is 3.68. The summed E-state index contributed by atoms with van der Waals surface area (Å²) in [7, 11) is 0. The lowest BCUT2D eigenvalue weighted by molar-refractivity contribution is -0.121. The molecule has 0 saturated heterocycles. The van der Waals surface area contributed by atoms with E-state index in [1.165, 1.54) is 12.1 Å². The zero-order valence-electron chi connectivity index (χ0n) is 12.6. The Morgan fingerprint density at radius 3 is 2.67 bits per heavy atom. The van der Waals surface area contributed by atoms with E-state index < -0.39 is 12.1 Å². The Morgan fingerprint density at radius 2 is 2.05 bits per heavy atom. The maximum Gasteiger partial charge on any atom is 0.321 e. The van der Waals surface area contributed by atoms with Crippen LogP contribution in [0.2, 0.25) is 0 Å². The van der Waals surface area contributed by atoms with Gasteiger partial charge in [-0.2, -0.15) is 0 Å². The molecule has 1 aromatic carbocycles. The molecule has 0 bridgehead atoms. The molecule has 0 fully saturated rings. The molecular formula is C15H22FN3O2. The molecule has 116 valence electrons. The van der Waals surface area contributed by atoms with Gasteiger partial charge in [0, 0.05) is 6.54 Å². The van der Waals surface area contributed by atoms with Gasteiger partial charge in [0.05, 0.1) is 6.04 Å². The fourth-order valence-corrected chi connectivity index (χ4v) is 1.88. The van der Waals surface area contributed by atoms with E-state index in [2.05, 4.69) is 16.0 Å². The van der Waals surface area contributed by atoms with Gasteiger partial charge < -0.3 is 10.6 Å². The van der Waals surface area contributed by atoms with Gasteiger partial charge in [0.1, 0.15) is 5.82 Å². The molecule has 0 radical (unpaired) electrons. The molecule has 1 unspecified atom stereocenters. The van der Waals surface area contributed by atoms with E-state index in [4.69, 9.17) is 0 Å². The number of halogens is 1. The van der Waals surface area contributed by atoms with Gasteiger partial charge in [-0.25, -0.2) is 9.18 Å². The highest BCUT2D eigenvalue weighted by molar-refractivity contribution is 5.96. The first kappa shape index (κ1) is 17.1. The van der Waals surface area contributed by atoms with Gasteiger partial charge in [-0.1, -0.05) is 6.07 Å². The number of urea groups is 1. The van der Waals surface area contributed by atoms with E-state index in [-0.39, 0.29) is 11.7 Å². The zero-order valence-corrected chi connectivity index (χ0v) is 12.6. The van der Waals surface area contributed by atoms with E-state index in [1.807, 2.05) is 6.92 Å². The fraction of sp³-hybridized carbons (Fsp3) is 0.467. The lowest BCUT2D eigenvalue weighted by Crippen LogP contribution is -2.48. The average molecular weight is 295 g/mol. The molecular weight excluding hydrogens is 273 g/mol. The number of rotatable bonds is 6. The summed E-state index contributed by atoms with van der Waals surface area (Å²) in [4.78, 5) is 22.9. The summed E-state index contributed by atoms with van der Waals surface area (Å²) in [5.41, 5.74) is 1.91. The van der Waals surface area contributed by atoms with Gasteiger partial charge in [0.25, 0.3) is 0 Å². The summed E-state index contributed by atoms with van der Waals surface area (Å²) in [6.45, 7) is 6.34. The number of amides is 3. The first-order valence-corrected chi connectivity index (χ1v) is 7.01. The Hall–Kier alpha value is -1.95. The van der Waals surface area contributed by atoms with Gasteiger partial charge in [-0.3, -0.25) is 10.1 Å². The van der Waals surface area contributed by atoms with E-state index in [9.17, 15) is 14.0 Å². The third-order valence-electron chi connectivity index (χ3n) is 3.12. The van der Waals surface area contributed by atoms with Crippen LogP contribution in [-0.2, 0) is 11.2 Å². The second kappa shape index (κ2) is 8.36. The molecule has 3 amide bonds. The zero-order chi connectivity index (χ0) is 15.8. The van der Waals surface area contributed by atoms with Gasteiger partial charge in [0.2, 0.25) is 5.91 Å². The highest BCUT2D eigenvalue weighted by atomic mass is 19.1. The third-order valence-corrected chi connectivity index (χ3v) is 3.12. The molecule has 0 aliphatic heterocycles. The molecule has 0 heterocycles. The summed E-state index contributed by atoms with van der Waals surface area (Å²) >= 11 is 0. The van der Waals surface area contributed by atoms with Gasteiger partial charge in [0.15, 0.2) is 0 Å². The van der Waals surface area contributed by atoms with Crippen LogP contribution in [0.3, 0.4) is 0 Å². The number of hydrogen-bond donors (Lipinski definition) is 3. The van der Waals surface area contributed by atoms with Crippen LogP contribution in [0.25, 0.3) is 0 Å². The Kier molecular flexibility index (Phi) is 6.81. The third kappa shape index (κ3) is 5.91. The molecule has 1 atom stereocenters. The van der Waals surface area contributed by atoms with Crippen molar-refractivity contribution in [2.24, 2.45) is 0 Å². The van der Waals surface area contributed by atoms with Crippen LogP contribution < -0.4 is 16.0 Å². The van der Waals surface area contributed by atoms with Crippen LogP contribution in [0.15, 0.2) is 18.2 Å². The Labute approximate surface area is 124 Å². The topological polar surface area (TPSA) is 70.2 Å². The fourth-order valence-electron chi connectivity index (χ4n) is 1.88. The number of imide groups is 1. The summed E-state index contributed by atoms with van der Waals surface area (Å²) in [5.74, 6) is -0.629. The van der Waals surface area contributed by atoms with Crippen molar-refractivity contribution in [1.82, 2.24) is 16.0 Å². The Bertz CT molecular complexity index is 506. The highest BCUT2D eigenvalue weighted by Gasteiger charge is 2.14. The molecule has 0 aromatic heterocycles. The molecule has 21 heavy (non-hydrogen) atoms. The van der Waals surface area contributed by atoms with Crippen molar-refractivity contribution >= 4 is 11.9 Å². The molecule has 3 N–H and O–H groups in total. The normalized spacial score (nSPS) is 11.8. The number of carbonyl (C=O) groups is 2. The van der Waals surface area contributed by atoms with Crippen LogP contribution in [0.1, 0.15) is 25.0 Å². The predicted molar refractivity (Wildman–Crippen MR) is 79.5 cm³/mol. The highest BCUT2D eigenvalue weighted by Crippen LogP contribution is 2.10. The SMILES string of the molecule is CCNC(=O)NC(=O)C(C)NCCc1ccc(F)cc1C. The lowest BCUT2D eigenvalue weighted by Gasteiger charge is -2.14. The molecule has 0 aliphatic carbocycles. The average Bonchev–Trinajstić information content (AvgIpc) is 2.41. The standard InChI is InChI=1S/C15H22FN3O2/c1-4-17-15(21)19-14(20)11(3)18-8-7-12-5-6-13(16)9-10(12)2/h5-6,9,11,18H,4,7-8H2,1-3H3,(H2,17,19,20,21). The summed E-state index contributed by atoms with van der Waals surface area (Å²) < 4.78 is 13.0. The maximum absolute atomic E-state index is 13.0. The first-order chi connectivity index (χ1) is 9.93. The quantitative estimate of drug-likeness (QED) is 0.745. The lowest BCUT2D eigenvalue weighted by atomic mass is 10.1. The number of nitrogens with one attached hydrogen (secondary N) is 3. The van der Waals surface area contributed by atoms with Gasteiger partial charge in [-0.05, 0) is 57.0 Å². The second-order valence-electron chi connectivity index (χ2n) is 4.85. The molecule has 0 aliphatic rings. The van der Waals surface area contributed by atoms with Crippen LogP contribution in [0, 0.1) is 12.7 Å². The van der Waals surface area contributed by atoms with Crippen molar-refractivity contribution in [2.45, 2.75) is 33.2 Å². The molecule has 5 nitrogen and oxygen atoms in total. The number of carbonyl (C=O) groups excluding carboxylic acids is 2. The van der Waals surface area contributed by atoms with Crippen molar-refractivity contribution in [2.75, 3.05) is 13.1 Å². The van der Waals surface area contributed by atoms with Crippen molar-refractivity contribution in [3.8, 4) is 0 Å². The van der Waals surface area contributed by atoms with Crippen molar-refractivity contribution in [3.63, 3.8) is 0 Å². The molecule has 0 spiro atoms. The first-order valence-electron chi connectivity index (χ1n) is 7.01. The van der Waals surface area contributed by atoms with Crippen LogP contribution in [0.4, 0.5) is 9.18 Å². The molecule has 0 saturated carbocycles. The monoisotopic (exact) mass is 295 g/mol. The van der Waals surface area contributed by atoms with E-state index in [0.29, 0.717) is 19.5 Å². The smallest absolute Gasteiger partial charge is 0.321 e. The Morgan fingerprint density at radius 1 is 1.33 bits per heavy atom. The van der Waals surface area contributed by atoms with Crippen molar-refractivity contribution in [3.05, 3.63) is 35.1 Å². The summed E-state index contributed by atoms with van der Waals surface area (Å²) in [5, 5.41) is 7.77. The van der Waals surface area contributed by atoms with Gasteiger partial charge in [-0.15, -0.1) is 0 Å². The van der Waals surface area contributed by atoms with Crippen LogP contribution in [0.5, 0.6) is 0 Å². The van der Waals surface area contributed by atoms with E-state index >= 15 is 0 Å². The second-order valence-corrected chi connectivity index (χ2v) is 4.85. The van der Waals surface area contributed by atoms with E-state index in [0.717, 1.165) is 11.1 Å². The largest absolute Gasteiger partial charge is 0.338 e. The van der Waals surface area contributed by atoms with Crippen molar-refractivity contribution in [1.29, 1.82) is 0 Å². The van der Waals surface area contributed by atoms with E-state index in [1.54, 1.807) is 19.9 Å². The van der Waals surface area contributed by atoms with Crippen molar-refractivity contribution < 1.29 is 14.0 Å². The number of benzene rings is 1. The van der Waals surface area contributed by atoms with Crippen LogP contribution in [-0.4, -0.2) is 31.1 Å². The predicted octanol–water partition coefficient (Wildman–Crippen LogP) is 1.50. The maximum atomic E-state index is 13.0. The number of aryl methyl sites for hydroxylation is 1. The minimum Gasteiger partial charge on any atom is -0.338 e. The molecule has 1 aromatic rings. The van der Waals surface area contributed by atoms with Gasteiger partial charge >= 0.3 is 6.03 Å². The minimum atomic E-state index is -0.495. The number of hydrogen-bond acceptors (Lipinski definition) is 3. The molecule has 6 heteroatoms. The molecule has 1 rings (SSSR count). The van der Waals surface area contributed by atoms with Crippen LogP contribution >= 0.6 is 0 Å². The minimum absolute atomic E-state index is 0.251. The Balaban J connectivity index is 2.37. The summed E-state index contributed by atoms with van der Waals surface area (Å²) in [6.07, 6.45) is 0.685.